The standard InChI is InChI=1S/C17H16N8O2S/c1-17(2,3)11-8-28-16(19-11)20-14(26)9-4-5-25-12(6-9)18-7-10(15(25)27)13-21-23-24-22-13/h4-8H,1-3H3,(H,19,20,26)(H,21,22,23,24). The lowest BCUT2D eigenvalue weighted by molar-refractivity contribution is 0.102. The van der Waals surface area contributed by atoms with Crippen molar-refractivity contribution in [2.75, 3.05) is 5.32 Å². The van der Waals surface area contributed by atoms with Crippen LogP contribution in [0, 0.1) is 0 Å². The maximum atomic E-state index is 12.6. The van der Waals surface area contributed by atoms with Crippen molar-refractivity contribution in [2.45, 2.75) is 26.2 Å². The molecule has 0 radical (unpaired) electrons. The summed E-state index contributed by atoms with van der Waals surface area (Å²) in [5, 5.41) is 18.6. The highest BCUT2D eigenvalue weighted by Crippen LogP contribution is 2.26. The maximum absolute atomic E-state index is 12.6. The molecular formula is C17H16N8O2S. The Kier molecular flexibility index (Phi) is 4.23. The van der Waals surface area contributed by atoms with Crippen molar-refractivity contribution < 1.29 is 4.79 Å². The van der Waals surface area contributed by atoms with Gasteiger partial charge in [-0.05, 0) is 17.3 Å². The van der Waals surface area contributed by atoms with Crippen LogP contribution in [0.4, 0.5) is 5.13 Å². The molecule has 0 saturated heterocycles. The number of fused-ring (bicyclic) bond motifs is 1. The first-order valence-corrected chi connectivity index (χ1v) is 9.23. The van der Waals surface area contributed by atoms with E-state index in [9.17, 15) is 9.59 Å². The van der Waals surface area contributed by atoms with Crippen LogP contribution in [-0.2, 0) is 5.41 Å². The fraction of sp³-hybridized carbons (Fsp3) is 0.235. The molecule has 2 N–H and O–H groups in total. The van der Waals surface area contributed by atoms with Crippen LogP contribution in [0.5, 0.6) is 0 Å². The lowest BCUT2D eigenvalue weighted by atomic mass is 9.93. The number of carbonyl (C=O) groups excluding carboxylic acids is 1. The van der Waals surface area contributed by atoms with Gasteiger partial charge in [0.05, 0.1) is 5.69 Å². The van der Waals surface area contributed by atoms with E-state index < -0.39 is 0 Å². The van der Waals surface area contributed by atoms with Crippen LogP contribution in [-0.4, -0.2) is 40.9 Å². The van der Waals surface area contributed by atoms with Crippen molar-refractivity contribution in [1.82, 2.24) is 35.0 Å². The van der Waals surface area contributed by atoms with E-state index in [0.29, 0.717) is 16.3 Å². The highest BCUT2D eigenvalue weighted by atomic mass is 32.1. The van der Waals surface area contributed by atoms with Crippen molar-refractivity contribution in [1.29, 1.82) is 0 Å². The van der Waals surface area contributed by atoms with Gasteiger partial charge in [0.2, 0.25) is 5.82 Å². The number of nitrogens with zero attached hydrogens (tertiary/aromatic N) is 6. The van der Waals surface area contributed by atoms with Gasteiger partial charge in [-0.25, -0.2) is 9.97 Å². The zero-order valence-electron chi connectivity index (χ0n) is 15.3. The summed E-state index contributed by atoms with van der Waals surface area (Å²) in [6.45, 7) is 6.18. The number of nitrogens with one attached hydrogen (secondary N) is 2. The van der Waals surface area contributed by atoms with Crippen molar-refractivity contribution in [2.24, 2.45) is 0 Å². The topological polar surface area (TPSA) is 131 Å². The molecule has 0 aromatic carbocycles. The third kappa shape index (κ3) is 3.27. The van der Waals surface area contributed by atoms with Crippen LogP contribution >= 0.6 is 11.3 Å². The molecule has 4 aromatic rings. The number of H-pyrrole nitrogens is 1. The quantitative estimate of drug-likeness (QED) is 0.540. The van der Waals surface area contributed by atoms with E-state index >= 15 is 0 Å². The lowest BCUT2D eigenvalue weighted by Gasteiger charge is -2.14. The van der Waals surface area contributed by atoms with Crippen LogP contribution in [0.2, 0.25) is 0 Å². The Balaban J connectivity index is 1.63. The Morgan fingerprint density at radius 1 is 1.32 bits per heavy atom. The first kappa shape index (κ1) is 17.9. The number of hydrogen-bond acceptors (Lipinski definition) is 8. The number of hydrogen-bond donors (Lipinski definition) is 2. The van der Waals surface area contributed by atoms with E-state index in [1.165, 1.54) is 34.2 Å². The van der Waals surface area contributed by atoms with Gasteiger partial charge < -0.3 is 0 Å². The van der Waals surface area contributed by atoms with Gasteiger partial charge in [-0.2, -0.15) is 5.21 Å². The highest BCUT2D eigenvalue weighted by Gasteiger charge is 2.19. The molecule has 0 aliphatic heterocycles. The molecule has 0 atom stereocenters. The molecule has 0 spiro atoms. The second-order valence-corrected chi connectivity index (χ2v) is 7.96. The number of amides is 1. The minimum absolute atomic E-state index is 0.0933. The van der Waals surface area contributed by atoms with Crippen LogP contribution in [0.3, 0.4) is 0 Å². The van der Waals surface area contributed by atoms with Gasteiger partial charge in [-0.3, -0.25) is 19.3 Å². The van der Waals surface area contributed by atoms with Gasteiger partial charge in [0.15, 0.2) is 5.13 Å². The van der Waals surface area contributed by atoms with Crippen molar-refractivity contribution in [3.05, 3.63) is 51.5 Å². The van der Waals surface area contributed by atoms with Crippen molar-refractivity contribution >= 4 is 28.0 Å². The van der Waals surface area contributed by atoms with Crippen LogP contribution in [0.15, 0.2) is 34.7 Å². The van der Waals surface area contributed by atoms with E-state index in [1.54, 1.807) is 6.07 Å². The Hall–Kier alpha value is -3.47. The highest BCUT2D eigenvalue weighted by molar-refractivity contribution is 7.14. The molecule has 0 saturated carbocycles. The fourth-order valence-corrected chi connectivity index (χ4v) is 3.42. The number of anilines is 1. The Morgan fingerprint density at radius 3 is 2.82 bits per heavy atom. The summed E-state index contributed by atoms with van der Waals surface area (Å²) in [6.07, 6.45) is 2.85. The van der Waals surface area contributed by atoms with Gasteiger partial charge in [0.25, 0.3) is 11.5 Å². The third-order valence-electron chi connectivity index (χ3n) is 4.05. The maximum Gasteiger partial charge on any atom is 0.269 e. The molecular weight excluding hydrogens is 380 g/mol. The normalized spacial score (nSPS) is 11.7. The number of thiazole rings is 1. The second kappa shape index (κ2) is 6.60. The molecule has 1 amide bonds. The molecule has 0 fully saturated rings. The predicted octanol–water partition coefficient (Wildman–Crippen LogP) is 1.88. The summed E-state index contributed by atoms with van der Waals surface area (Å²) in [5.41, 5.74) is 1.37. The fourth-order valence-electron chi connectivity index (χ4n) is 2.49. The van der Waals surface area contributed by atoms with Gasteiger partial charge in [0, 0.05) is 28.8 Å². The number of aromatic nitrogens is 7. The number of aromatic amines is 1. The van der Waals surface area contributed by atoms with Crippen LogP contribution in [0.25, 0.3) is 17.0 Å². The van der Waals surface area contributed by atoms with Crippen molar-refractivity contribution in [3.63, 3.8) is 0 Å². The predicted molar refractivity (Wildman–Crippen MR) is 103 cm³/mol. The Labute approximate surface area is 162 Å². The molecule has 0 aliphatic carbocycles. The summed E-state index contributed by atoms with van der Waals surface area (Å²) in [5.74, 6) is -0.166. The van der Waals surface area contributed by atoms with Crippen molar-refractivity contribution in [3.8, 4) is 11.4 Å². The summed E-state index contributed by atoms with van der Waals surface area (Å²) in [7, 11) is 0. The van der Waals surface area contributed by atoms with E-state index in [4.69, 9.17) is 0 Å². The minimum atomic E-state index is -0.354. The van der Waals surface area contributed by atoms with E-state index in [-0.39, 0.29) is 28.3 Å². The largest absolute Gasteiger partial charge is 0.298 e. The molecule has 10 nitrogen and oxygen atoms in total. The Bertz CT molecular complexity index is 1220. The van der Waals surface area contributed by atoms with Gasteiger partial charge >= 0.3 is 0 Å². The first-order chi connectivity index (χ1) is 13.3. The molecule has 4 rings (SSSR count). The van der Waals surface area contributed by atoms with Gasteiger partial charge in [-0.1, -0.05) is 20.8 Å². The summed E-state index contributed by atoms with van der Waals surface area (Å²) >= 11 is 1.37. The monoisotopic (exact) mass is 396 g/mol. The number of carbonyl (C=O) groups is 1. The minimum Gasteiger partial charge on any atom is -0.298 e. The summed E-state index contributed by atoms with van der Waals surface area (Å²) in [6, 6.07) is 3.08. The van der Waals surface area contributed by atoms with E-state index in [0.717, 1.165) is 5.69 Å². The van der Waals surface area contributed by atoms with Crippen LogP contribution < -0.4 is 10.9 Å². The molecule has 28 heavy (non-hydrogen) atoms. The zero-order valence-corrected chi connectivity index (χ0v) is 16.1. The second-order valence-electron chi connectivity index (χ2n) is 7.10. The molecule has 142 valence electrons. The Morgan fingerprint density at radius 2 is 2.14 bits per heavy atom. The summed E-state index contributed by atoms with van der Waals surface area (Å²) < 4.78 is 1.32. The summed E-state index contributed by atoms with van der Waals surface area (Å²) in [4.78, 5) is 33.8. The molecule has 4 aromatic heterocycles. The molecule has 11 heteroatoms. The van der Waals surface area contributed by atoms with E-state index in [2.05, 4.69) is 56.7 Å². The molecule has 4 heterocycles. The SMILES string of the molecule is CC(C)(C)c1csc(NC(=O)c2ccn3c(=O)c(-c4nn[nH]n4)cnc3c2)n1. The average molecular weight is 396 g/mol. The van der Waals surface area contributed by atoms with Gasteiger partial charge in [-0.15, -0.1) is 21.5 Å². The van der Waals surface area contributed by atoms with Gasteiger partial charge in [0.1, 0.15) is 11.2 Å². The third-order valence-corrected chi connectivity index (χ3v) is 4.81. The van der Waals surface area contributed by atoms with Crippen LogP contribution in [0.1, 0.15) is 36.8 Å². The number of pyridine rings is 1. The smallest absolute Gasteiger partial charge is 0.269 e. The molecule has 0 unspecified atom stereocenters. The first-order valence-electron chi connectivity index (χ1n) is 8.35. The van der Waals surface area contributed by atoms with E-state index in [1.807, 2.05) is 5.38 Å². The molecule has 0 bridgehead atoms. The number of rotatable bonds is 3. The average Bonchev–Trinajstić information content (AvgIpc) is 3.33. The molecule has 0 aliphatic rings. The zero-order chi connectivity index (χ0) is 19.9. The number of tetrazole rings is 1. The lowest BCUT2D eigenvalue weighted by Crippen LogP contribution is -2.19.